The first-order valence-corrected chi connectivity index (χ1v) is 15.1. The first-order chi connectivity index (χ1) is 19.9. The molecular formula is C31H40O12. The summed E-state index contributed by atoms with van der Waals surface area (Å²) in [7, 11) is 0. The molecule has 0 aromatic carbocycles. The van der Waals surface area contributed by atoms with E-state index in [0.29, 0.717) is 25.7 Å². The van der Waals surface area contributed by atoms with Crippen molar-refractivity contribution in [2.45, 2.75) is 128 Å². The third-order valence-corrected chi connectivity index (χ3v) is 12.7. The molecule has 8 bridgehead atoms. The molecule has 3 aliphatic carbocycles. The molecule has 12 heteroatoms. The Morgan fingerprint density at radius 3 is 1.44 bits per heavy atom. The lowest BCUT2D eigenvalue weighted by molar-refractivity contribution is -0.532. The number of carbonyl (C=O) groups excluding carboxylic acids is 4. The van der Waals surface area contributed by atoms with Gasteiger partial charge in [0, 0.05) is 17.8 Å². The maximum absolute atomic E-state index is 14.1. The van der Waals surface area contributed by atoms with Crippen LogP contribution in [0.1, 0.15) is 74.1 Å². The number of carbonyl (C=O) groups is 4. The van der Waals surface area contributed by atoms with Crippen LogP contribution in [0.3, 0.4) is 0 Å². The Labute approximate surface area is 250 Å². The van der Waals surface area contributed by atoms with E-state index in [-0.39, 0.29) is 6.61 Å². The highest BCUT2D eigenvalue weighted by atomic mass is 16.9. The molecule has 0 aromatic heterocycles. The van der Waals surface area contributed by atoms with E-state index in [4.69, 9.17) is 37.9 Å². The summed E-state index contributed by atoms with van der Waals surface area (Å²) in [6.07, 6.45) is -2.60. The fourth-order valence-corrected chi connectivity index (χ4v) is 8.83. The third-order valence-electron chi connectivity index (χ3n) is 12.7. The molecule has 8 rings (SSSR count). The van der Waals surface area contributed by atoms with E-state index in [1.807, 2.05) is 41.5 Å². The van der Waals surface area contributed by atoms with Crippen molar-refractivity contribution in [3.63, 3.8) is 0 Å². The molecule has 0 N–H and O–H groups in total. The Bertz CT molecular complexity index is 1250. The van der Waals surface area contributed by atoms with Crippen molar-refractivity contribution in [1.29, 1.82) is 0 Å². The quantitative estimate of drug-likeness (QED) is 0.239. The van der Waals surface area contributed by atoms with Gasteiger partial charge in [0.1, 0.15) is 24.4 Å². The number of rotatable bonds is 7. The van der Waals surface area contributed by atoms with Crippen LogP contribution >= 0.6 is 0 Å². The van der Waals surface area contributed by atoms with Crippen molar-refractivity contribution < 1.29 is 57.1 Å². The Balaban J connectivity index is 1.22. The van der Waals surface area contributed by atoms with Crippen LogP contribution in [0.5, 0.6) is 0 Å². The maximum atomic E-state index is 14.1. The summed E-state index contributed by atoms with van der Waals surface area (Å²) in [4.78, 5) is 53.9. The molecule has 7 unspecified atom stereocenters. The van der Waals surface area contributed by atoms with Crippen LogP contribution in [-0.4, -0.2) is 84.3 Å². The fraction of sp³-hybridized carbons (Fsp3) is 0.806. The molecule has 3 saturated carbocycles. The van der Waals surface area contributed by atoms with Crippen LogP contribution in [0.15, 0.2) is 12.7 Å². The predicted molar refractivity (Wildman–Crippen MR) is 143 cm³/mol. The Morgan fingerprint density at radius 2 is 1.12 bits per heavy atom. The average molecular weight is 605 g/mol. The summed E-state index contributed by atoms with van der Waals surface area (Å²) in [6, 6.07) is 0. The minimum absolute atomic E-state index is 0.119. The van der Waals surface area contributed by atoms with Gasteiger partial charge < -0.3 is 37.9 Å². The van der Waals surface area contributed by atoms with Crippen molar-refractivity contribution in [2.75, 3.05) is 6.61 Å². The molecule has 8 fully saturated rings. The Morgan fingerprint density at radius 1 is 0.721 bits per heavy atom. The van der Waals surface area contributed by atoms with Crippen LogP contribution in [0.4, 0.5) is 0 Å². The molecule has 0 radical (unpaired) electrons. The van der Waals surface area contributed by atoms with Crippen LogP contribution in [0.2, 0.25) is 0 Å². The molecule has 11 atom stereocenters. The molecule has 5 aliphatic heterocycles. The molecule has 0 amide bonds. The van der Waals surface area contributed by atoms with Gasteiger partial charge in [-0.2, -0.15) is 0 Å². The second-order valence-electron chi connectivity index (χ2n) is 14.8. The van der Waals surface area contributed by atoms with E-state index in [9.17, 15) is 19.2 Å². The summed E-state index contributed by atoms with van der Waals surface area (Å²) in [5, 5.41) is 0. The van der Waals surface area contributed by atoms with E-state index in [1.165, 1.54) is 0 Å². The largest absolute Gasteiger partial charge is 0.454 e. The van der Waals surface area contributed by atoms with Gasteiger partial charge in [-0.25, -0.2) is 9.59 Å². The highest BCUT2D eigenvalue weighted by Gasteiger charge is 2.79. The maximum Gasteiger partial charge on any atom is 0.351 e. The minimum atomic E-state index is -1.51. The average Bonchev–Trinajstić information content (AvgIpc) is 3.39. The van der Waals surface area contributed by atoms with Crippen LogP contribution < -0.4 is 0 Å². The van der Waals surface area contributed by atoms with Crippen LogP contribution in [-0.2, 0) is 57.1 Å². The number of esters is 4. The van der Waals surface area contributed by atoms with Crippen LogP contribution in [0.25, 0.3) is 0 Å². The van der Waals surface area contributed by atoms with Crippen molar-refractivity contribution >= 4 is 23.9 Å². The zero-order chi connectivity index (χ0) is 31.2. The second-order valence-corrected chi connectivity index (χ2v) is 14.8. The summed E-state index contributed by atoms with van der Waals surface area (Å²) in [5.41, 5.74) is -6.33. The van der Waals surface area contributed by atoms with E-state index in [0.717, 1.165) is 0 Å². The van der Waals surface area contributed by atoms with E-state index in [2.05, 4.69) is 6.58 Å². The molecule has 0 aromatic rings. The monoisotopic (exact) mass is 604 g/mol. The van der Waals surface area contributed by atoms with Gasteiger partial charge in [0.25, 0.3) is 5.97 Å². The van der Waals surface area contributed by atoms with Gasteiger partial charge >= 0.3 is 23.9 Å². The summed E-state index contributed by atoms with van der Waals surface area (Å²) < 4.78 is 48.4. The van der Waals surface area contributed by atoms with Gasteiger partial charge in [-0.3, -0.25) is 9.59 Å². The zero-order valence-electron chi connectivity index (χ0n) is 25.7. The SMILES string of the molecule is C=CCOC1[C@H]2OC3(C)OC([C@@H]2OC(=O)C24CCC(C)(C(=O)O2)C4(C)C)[C@H](OC(=O)C24CCC(C)(C(=O)O2)C4(C)C)[C@H]1O3. The van der Waals surface area contributed by atoms with Crippen molar-refractivity contribution in [2.24, 2.45) is 21.7 Å². The summed E-state index contributed by atoms with van der Waals surface area (Å²) in [6.45, 7) is 16.4. The Hall–Kier alpha value is -2.54. The second kappa shape index (κ2) is 8.38. The van der Waals surface area contributed by atoms with Gasteiger partial charge in [0.05, 0.1) is 17.4 Å². The normalized spacial score (nSPS) is 50.9. The Kier molecular flexibility index (Phi) is 5.69. The minimum Gasteiger partial charge on any atom is -0.454 e. The first-order valence-electron chi connectivity index (χ1n) is 15.1. The number of ether oxygens (including phenoxy) is 8. The third kappa shape index (κ3) is 3.16. The lowest BCUT2D eigenvalue weighted by Gasteiger charge is -2.61. The molecule has 5 heterocycles. The van der Waals surface area contributed by atoms with Gasteiger partial charge in [0.2, 0.25) is 11.2 Å². The fourth-order valence-electron chi connectivity index (χ4n) is 8.83. The summed E-state index contributed by atoms with van der Waals surface area (Å²) >= 11 is 0. The number of fused-ring (bicyclic) bond motifs is 4. The standard InChI is InChI=1S/C31H40O12/c1-9-14-36-15-18-16(37-23(34)30-12-10-27(6,21(32)42-30)25(30,2)3)20-17(19(15)40-29(8,39-18)41-20)38-24(35)31-13-11-28(7,22(33)43-31)26(31,4)5/h9,15-20H,1,10-14H2,2-8H3/t15?,16-,17-,18-,19+,20?,27?,28?,29?,30?,31?/m1/s1. The van der Waals surface area contributed by atoms with Crippen LogP contribution in [0, 0.1) is 21.7 Å². The molecular weight excluding hydrogens is 564 g/mol. The summed E-state index contributed by atoms with van der Waals surface area (Å²) in [5.74, 6) is -3.81. The highest BCUT2D eigenvalue weighted by Crippen LogP contribution is 2.67. The van der Waals surface area contributed by atoms with Crippen molar-refractivity contribution in [3.8, 4) is 0 Å². The molecule has 0 spiro atoms. The predicted octanol–water partition coefficient (Wildman–Crippen LogP) is 2.50. The number of hydrogen-bond donors (Lipinski definition) is 0. The topological polar surface area (TPSA) is 142 Å². The van der Waals surface area contributed by atoms with E-state index < -0.39 is 99.3 Å². The van der Waals surface area contributed by atoms with Crippen molar-refractivity contribution in [3.05, 3.63) is 12.7 Å². The lowest BCUT2D eigenvalue weighted by Crippen LogP contribution is -2.80. The smallest absolute Gasteiger partial charge is 0.351 e. The molecule has 8 aliphatic rings. The lowest BCUT2D eigenvalue weighted by atomic mass is 9.66. The van der Waals surface area contributed by atoms with Gasteiger partial charge in [-0.1, -0.05) is 33.8 Å². The van der Waals surface area contributed by atoms with Gasteiger partial charge in [-0.05, 0) is 39.5 Å². The van der Waals surface area contributed by atoms with E-state index in [1.54, 1.807) is 13.0 Å². The first kappa shape index (κ1) is 29.2. The number of hydrogen-bond acceptors (Lipinski definition) is 12. The van der Waals surface area contributed by atoms with Gasteiger partial charge in [0.15, 0.2) is 12.2 Å². The molecule has 5 saturated heterocycles. The molecule has 12 nitrogen and oxygen atoms in total. The highest BCUT2D eigenvalue weighted by molar-refractivity contribution is 5.94. The van der Waals surface area contributed by atoms with Crippen molar-refractivity contribution in [1.82, 2.24) is 0 Å². The zero-order valence-corrected chi connectivity index (χ0v) is 25.7. The molecule has 236 valence electrons. The van der Waals surface area contributed by atoms with Gasteiger partial charge in [-0.15, -0.1) is 6.58 Å². The molecule has 43 heavy (non-hydrogen) atoms. The van der Waals surface area contributed by atoms with E-state index >= 15 is 0 Å².